The van der Waals surface area contributed by atoms with Gasteiger partial charge in [0.25, 0.3) is 5.91 Å². The highest BCUT2D eigenvalue weighted by molar-refractivity contribution is 5.94. The number of benzene rings is 1. The fourth-order valence-corrected chi connectivity index (χ4v) is 5.04. The van der Waals surface area contributed by atoms with Gasteiger partial charge in [0, 0.05) is 18.8 Å². The van der Waals surface area contributed by atoms with Crippen LogP contribution in [-0.2, 0) is 7.05 Å². The van der Waals surface area contributed by atoms with Crippen LogP contribution in [0.4, 0.5) is 0 Å². The third-order valence-corrected chi connectivity index (χ3v) is 6.71. The Morgan fingerprint density at radius 3 is 2.63 bits per heavy atom. The molecule has 2 saturated heterocycles. The van der Waals surface area contributed by atoms with Crippen molar-refractivity contribution in [1.82, 2.24) is 19.6 Å². The van der Waals surface area contributed by atoms with Gasteiger partial charge in [0.2, 0.25) is 0 Å². The van der Waals surface area contributed by atoms with Crippen LogP contribution in [0.2, 0.25) is 0 Å². The predicted molar refractivity (Wildman–Crippen MR) is 106 cm³/mol. The van der Waals surface area contributed by atoms with E-state index < -0.39 is 0 Å². The molecule has 0 aliphatic carbocycles. The summed E-state index contributed by atoms with van der Waals surface area (Å²) in [5, 5.41) is 4.24. The van der Waals surface area contributed by atoms with Gasteiger partial charge in [0.15, 0.2) is 0 Å². The van der Waals surface area contributed by atoms with Crippen molar-refractivity contribution in [2.24, 2.45) is 7.05 Å². The standard InChI is InChI=1S/C22H30N4O/c1-22-14-19(17-10-6-4-7-11-17)26(21(27)18-15-23-25(3)16-18)20(22)12-8-5-9-13-24(22)2/h4,6-7,10-11,15-16,19-20H,5,8-9,12-14H2,1-3H3/t19-,20-,22-/m0/s1. The van der Waals surface area contributed by atoms with Crippen LogP contribution in [0.3, 0.4) is 0 Å². The van der Waals surface area contributed by atoms with E-state index in [9.17, 15) is 4.79 Å². The molecule has 1 amide bonds. The molecule has 0 unspecified atom stereocenters. The van der Waals surface area contributed by atoms with Crippen LogP contribution in [0.5, 0.6) is 0 Å². The minimum atomic E-state index is -0.00119. The maximum absolute atomic E-state index is 13.6. The first-order valence-electron chi connectivity index (χ1n) is 10.1. The number of aromatic nitrogens is 2. The maximum atomic E-state index is 13.6. The minimum Gasteiger partial charge on any atom is -0.327 e. The Morgan fingerprint density at radius 2 is 1.93 bits per heavy atom. The van der Waals surface area contributed by atoms with Gasteiger partial charge in [0.05, 0.1) is 23.8 Å². The van der Waals surface area contributed by atoms with E-state index in [1.54, 1.807) is 10.9 Å². The quantitative estimate of drug-likeness (QED) is 0.815. The Balaban J connectivity index is 1.78. The van der Waals surface area contributed by atoms with Crippen molar-refractivity contribution < 1.29 is 4.79 Å². The van der Waals surface area contributed by atoms with Gasteiger partial charge in [-0.05, 0) is 45.3 Å². The zero-order valence-electron chi connectivity index (χ0n) is 16.6. The molecule has 1 aromatic carbocycles. The van der Waals surface area contributed by atoms with Gasteiger partial charge in [-0.15, -0.1) is 0 Å². The van der Waals surface area contributed by atoms with E-state index in [1.165, 1.54) is 24.8 Å². The second-order valence-corrected chi connectivity index (χ2v) is 8.39. The SMILES string of the molecule is CN1CCCCC[C@@H]2N(C(=O)c3cnn(C)c3)[C@H](c3ccccc3)C[C@@]21C. The molecule has 1 aromatic heterocycles. The molecule has 3 heterocycles. The Morgan fingerprint density at radius 1 is 1.15 bits per heavy atom. The van der Waals surface area contributed by atoms with E-state index in [0.29, 0.717) is 5.56 Å². The summed E-state index contributed by atoms with van der Waals surface area (Å²) in [5.74, 6) is 0.111. The molecule has 0 spiro atoms. The van der Waals surface area contributed by atoms with Gasteiger partial charge in [0.1, 0.15) is 0 Å². The van der Waals surface area contributed by atoms with E-state index in [1.807, 2.05) is 19.3 Å². The molecule has 0 saturated carbocycles. The molecule has 27 heavy (non-hydrogen) atoms. The van der Waals surface area contributed by atoms with Crippen molar-refractivity contribution in [2.75, 3.05) is 13.6 Å². The molecular formula is C22H30N4O. The van der Waals surface area contributed by atoms with Crippen LogP contribution >= 0.6 is 0 Å². The zero-order valence-corrected chi connectivity index (χ0v) is 16.6. The Labute approximate surface area is 162 Å². The molecule has 0 radical (unpaired) electrons. The first kappa shape index (κ1) is 18.2. The molecule has 144 valence electrons. The highest BCUT2D eigenvalue weighted by Crippen LogP contribution is 2.48. The zero-order chi connectivity index (χ0) is 19.0. The molecule has 5 nitrogen and oxygen atoms in total. The summed E-state index contributed by atoms with van der Waals surface area (Å²) in [5.41, 5.74) is 1.92. The number of hydrogen-bond acceptors (Lipinski definition) is 3. The van der Waals surface area contributed by atoms with Gasteiger partial charge in [-0.25, -0.2) is 0 Å². The summed E-state index contributed by atoms with van der Waals surface area (Å²) >= 11 is 0. The Bertz CT molecular complexity index is 802. The summed E-state index contributed by atoms with van der Waals surface area (Å²) in [4.78, 5) is 18.3. The number of likely N-dealkylation sites (tertiary alicyclic amines) is 2. The molecular weight excluding hydrogens is 336 g/mol. The van der Waals surface area contributed by atoms with Crippen LogP contribution in [0, 0.1) is 0 Å². The van der Waals surface area contributed by atoms with Crippen LogP contribution in [0.1, 0.15) is 61.0 Å². The smallest absolute Gasteiger partial charge is 0.257 e. The fourth-order valence-electron chi connectivity index (χ4n) is 5.04. The predicted octanol–water partition coefficient (Wildman–Crippen LogP) is 3.64. The number of rotatable bonds is 2. The third-order valence-electron chi connectivity index (χ3n) is 6.71. The van der Waals surface area contributed by atoms with E-state index in [-0.39, 0.29) is 23.5 Å². The lowest BCUT2D eigenvalue weighted by atomic mass is 9.84. The summed E-state index contributed by atoms with van der Waals surface area (Å²) < 4.78 is 1.71. The first-order chi connectivity index (χ1) is 13.0. The number of nitrogens with zero attached hydrogens (tertiary/aromatic N) is 4. The fraction of sp³-hybridized carbons (Fsp3) is 0.545. The number of fused-ring (bicyclic) bond motifs is 1. The molecule has 3 atom stereocenters. The molecule has 2 aliphatic heterocycles. The summed E-state index contributed by atoms with van der Waals surface area (Å²) in [6.45, 7) is 3.46. The third kappa shape index (κ3) is 3.18. The molecule has 0 N–H and O–H groups in total. The maximum Gasteiger partial charge on any atom is 0.257 e. The number of aryl methyl sites for hydroxylation is 1. The highest BCUT2D eigenvalue weighted by atomic mass is 16.2. The van der Waals surface area contributed by atoms with Crippen LogP contribution in [0.25, 0.3) is 0 Å². The van der Waals surface area contributed by atoms with E-state index in [2.05, 4.69) is 53.1 Å². The first-order valence-corrected chi connectivity index (χ1v) is 10.1. The van der Waals surface area contributed by atoms with Crippen LogP contribution in [-0.4, -0.2) is 50.7 Å². The lowest BCUT2D eigenvalue weighted by Gasteiger charge is -2.43. The number of amides is 1. The second-order valence-electron chi connectivity index (χ2n) is 8.39. The molecule has 2 aliphatic rings. The number of likely N-dealkylation sites (N-methyl/N-ethyl adjacent to an activating group) is 1. The van der Waals surface area contributed by atoms with Crippen LogP contribution in [0.15, 0.2) is 42.7 Å². The van der Waals surface area contributed by atoms with Gasteiger partial charge in [-0.1, -0.05) is 43.2 Å². The lowest BCUT2D eigenvalue weighted by molar-refractivity contribution is 0.0452. The average molecular weight is 367 g/mol. The average Bonchev–Trinajstić information content (AvgIpc) is 3.22. The molecule has 4 rings (SSSR count). The number of carbonyl (C=O) groups excluding carboxylic acids is 1. The molecule has 2 aromatic rings. The molecule has 5 heteroatoms. The van der Waals surface area contributed by atoms with Crippen molar-refractivity contribution >= 4 is 5.91 Å². The van der Waals surface area contributed by atoms with Crippen LogP contribution < -0.4 is 0 Å². The Hall–Kier alpha value is -2.14. The summed E-state index contributed by atoms with van der Waals surface area (Å²) in [7, 11) is 4.10. The lowest BCUT2D eigenvalue weighted by Crippen LogP contribution is -2.55. The minimum absolute atomic E-state index is 0.00119. The van der Waals surface area contributed by atoms with Gasteiger partial charge in [-0.3, -0.25) is 14.4 Å². The topological polar surface area (TPSA) is 41.4 Å². The Kier molecular flexibility index (Phi) is 4.81. The summed E-state index contributed by atoms with van der Waals surface area (Å²) in [6, 6.07) is 10.9. The van der Waals surface area contributed by atoms with Gasteiger partial charge >= 0.3 is 0 Å². The van der Waals surface area contributed by atoms with Crippen molar-refractivity contribution in [3.05, 3.63) is 53.9 Å². The monoisotopic (exact) mass is 366 g/mol. The number of hydrogen-bond donors (Lipinski definition) is 0. The van der Waals surface area contributed by atoms with Crippen molar-refractivity contribution in [1.29, 1.82) is 0 Å². The van der Waals surface area contributed by atoms with Gasteiger partial charge < -0.3 is 4.90 Å². The highest BCUT2D eigenvalue weighted by Gasteiger charge is 2.53. The van der Waals surface area contributed by atoms with Crippen molar-refractivity contribution in [2.45, 2.75) is 56.7 Å². The van der Waals surface area contributed by atoms with E-state index in [4.69, 9.17) is 0 Å². The van der Waals surface area contributed by atoms with E-state index in [0.717, 1.165) is 19.4 Å². The van der Waals surface area contributed by atoms with Crippen molar-refractivity contribution in [3.8, 4) is 0 Å². The van der Waals surface area contributed by atoms with E-state index >= 15 is 0 Å². The van der Waals surface area contributed by atoms with Gasteiger partial charge in [-0.2, -0.15) is 5.10 Å². The molecule has 2 fully saturated rings. The summed E-state index contributed by atoms with van der Waals surface area (Å²) in [6.07, 6.45) is 9.25. The normalized spacial score (nSPS) is 29.2. The largest absolute Gasteiger partial charge is 0.327 e. The van der Waals surface area contributed by atoms with Crippen molar-refractivity contribution in [3.63, 3.8) is 0 Å². The molecule has 0 bridgehead atoms. The number of carbonyl (C=O) groups is 1. The second kappa shape index (κ2) is 7.12.